The summed E-state index contributed by atoms with van der Waals surface area (Å²) in [5.41, 5.74) is 0. The van der Waals surface area contributed by atoms with Gasteiger partial charge in [-0.05, 0) is 37.3 Å². The Morgan fingerprint density at radius 1 is 1.26 bits per heavy atom. The summed E-state index contributed by atoms with van der Waals surface area (Å²) in [6, 6.07) is 3.69. The standard InChI is InChI=1S/C21H34N2O4/c1-4-5-10-22(20(24)13-17(2)3)16-21(25)23(14-18-8-6-11-26-18)15-19-9-7-12-27-19/h6,8,11,17,19H,4-5,7,9-10,12-16H2,1-3H3/t19-/m0/s1. The Balaban J connectivity index is 2.03. The highest BCUT2D eigenvalue weighted by Gasteiger charge is 2.26. The molecule has 1 saturated heterocycles. The number of hydrogen-bond acceptors (Lipinski definition) is 4. The topological polar surface area (TPSA) is 63.0 Å². The van der Waals surface area contributed by atoms with Gasteiger partial charge in [-0.25, -0.2) is 0 Å². The number of furan rings is 1. The van der Waals surface area contributed by atoms with E-state index in [2.05, 4.69) is 6.92 Å². The maximum atomic E-state index is 13.1. The lowest BCUT2D eigenvalue weighted by atomic mass is 10.1. The van der Waals surface area contributed by atoms with Crippen molar-refractivity contribution in [3.63, 3.8) is 0 Å². The Labute approximate surface area is 162 Å². The minimum atomic E-state index is -0.0462. The summed E-state index contributed by atoms with van der Waals surface area (Å²) in [6.45, 7) is 8.60. The maximum absolute atomic E-state index is 13.1. The fourth-order valence-electron chi connectivity index (χ4n) is 3.26. The second-order valence-electron chi connectivity index (χ2n) is 7.76. The van der Waals surface area contributed by atoms with Crippen LogP contribution in [0, 0.1) is 5.92 Å². The fourth-order valence-corrected chi connectivity index (χ4v) is 3.26. The van der Waals surface area contributed by atoms with Gasteiger partial charge in [0.05, 0.1) is 25.5 Å². The van der Waals surface area contributed by atoms with Crippen molar-refractivity contribution in [2.45, 2.75) is 65.5 Å². The summed E-state index contributed by atoms with van der Waals surface area (Å²) in [7, 11) is 0. The first kappa shape index (κ1) is 21.5. The zero-order valence-corrected chi connectivity index (χ0v) is 17.0. The Hall–Kier alpha value is -1.82. The van der Waals surface area contributed by atoms with Crippen LogP contribution in [0.5, 0.6) is 0 Å². The van der Waals surface area contributed by atoms with E-state index in [1.54, 1.807) is 16.1 Å². The van der Waals surface area contributed by atoms with Gasteiger partial charge < -0.3 is 19.0 Å². The van der Waals surface area contributed by atoms with E-state index in [1.165, 1.54) is 0 Å². The highest BCUT2D eigenvalue weighted by atomic mass is 16.5. The molecule has 1 atom stereocenters. The van der Waals surface area contributed by atoms with Gasteiger partial charge in [0.2, 0.25) is 11.8 Å². The zero-order valence-electron chi connectivity index (χ0n) is 17.0. The summed E-state index contributed by atoms with van der Waals surface area (Å²) in [5, 5.41) is 0. The second-order valence-corrected chi connectivity index (χ2v) is 7.76. The molecule has 152 valence electrons. The molecule has 2 heterocycles. The molecule has 6 heteroatoms. The van der Waals surface area contributed by atoms with E-state index in [1.807, 2.05) is 26.0 Å². The molecule has 1 fully saturated rings. The smallest absolute Gasteiger partial charge is 0.242 e. The van der Waals surface area contributed by atoms with Crippen LogP contribution in [0.2, 0.25) is 0 Å². The quantitative estimate of drug-likeness (QED) is 0.591. The van der Waals surface area contributed by atoms with Gasteiger partial charge in [-0.15, -0.1) is 0 Å². The Kier molecular flexibility index (Phi) is 8.85. The molecule has 1 aliphatic heterocycles. The molecule has 0 radical (unpaired) electrons. The fraction of sp³-hybridized carbons (Fsp3) is 0.714. The lowest BCUT2D eigenvalue weighted by Crippen LogP contribution is -2.45. The average Bonchev–Trinajstić information content (AvgIpc) is 3.31. The number of rotatable bonds is 11. The van der Waals surface area contributed by atoms with E-state index < -0.39 is 0 Å². The van der Waals surface area contributed by atoms with Gasteiger partial charge in [0, 0.05) is 26.1 Å². The van der Waals surface area contributed by atoms with Crippen LogP contribution >= 0.6 is 0 Å². The lowest BCUT2D eigenvalue weighted by Gasteiger charge is -2.29. The van der Waals surface area contributed by atoms with E-state index in [9.17, 15) is 9.59 Å². The summed E-state index contributed by atoms with van der Waals surface area (Å²) in [6.07, 6.45) is 6.05. The molecule has 1 aliphatic rings. The predicted molar refractivity (Wildman–Crippen MR) is 104 cm³/mol. The monoisotopic (exact) mass is 378 g/mol. The molecule has 1 aromatic rings. The molecule has 1 aromatic heterocycles. The highest BCUT2D eigenvalue weighted by Crippen LogP contribution is 2.16. The van der Waals surface area contributed by atoms with Crippen LogP contribution in [0.1, 0.15) is 58.6 Å². The van der Waals surface area contributed by atoms with Gasteiger partial charge >= 0.3 is 0 Å². The van der Waals surface area contributed by atoms with Crippen LogP contribution < -0.4 is 0 Å². The number of carbonyl (C=O) groups excluding carboxylic acids is 2. The molecule has 0 saturated carbocycles. The van der Waals surface area contributed by atoms with Crippen molar-refractivity contribution in [3.8, 4) is 0 Å². The second kappa shape index (κ2) is 11.1. The van der Waals surface area contributed by atoms with Crippen LogP contribution in [-0.2, 0) is 20.9 Å². The van der Waals surface area contributed by atoms with Gasteiger partial charge in [0.15, 0.2) is 0 Å². The number of ether oxygens (including phenoxy) is 1. The van der Waals surface area contributed by atoms with E-state index >= 15 is 0 Å². The number of hydrogen-bond donors (Lipinski definition) is 0. The normalized spacial score (nSPS) is 16.7. The Bertz CT molecular complexity index is 565. The lowest BCUT2D eigenvalue weighted by molar-refractivity contribution is -0.142. The van der Waals surface area contributed by atoms with E-state index in [0.29, 0.717) is 26.1 Å². The van der Waals surface area contributed by atoms with Gasteiger partial charge in [-0.3, -0.25) is 9.59 Å². The summed E-state index contributed by atoms with van der Waals surface area (Å²) < 4.78 is 11.2. The average molecular weight is 379 g/mol. The van der Waals surface area contributed by atoms with Crippen molar-refractivity contribution in [1.29, 1.82) is 0 Å². The minimum Gasteiger partial charge on any atom is -0.467 e. The first-order valence-electron chi connectivity index (χ1n) is 10.2. The maximum Gasteiger partial charge on any atom is 0.242 e. The zero-order chi connectivity index (χ0) is 19.6. The van der Waals surface area contributed by atoms with Gasteiger partial charge in [-0.2, -0.15) is 0 Å². The summed E-state index contributed by atoms with van der Waals surface area (Å²) in [5.74, 6) is 1.04. The van der Waals surface area contributed by atoms with E-state index in [0.717, 1.165) is 38.1 Å². The van der Waals surface area contributed by atoms with E-state index in [4.69, 9.17) is 9.15 Å². The minimum absolute atomic E-state index is 0.0462. The van der Waals surface area contributed by atoms with Crippen LogP contribution in [0.15, 0.2) is 22.8 Å². The van der Waals surface area contributed by atoms with Crippen molar-refractivity contribution in [2.75, 3.05) is 26.2 Å². The Morgan fingerprint density at radius 3 is 2.67 bits per heavy atom. The summed E-state index contributed by atoms with van der Waals surface area (Å²) >= 11 is 0. The van der Waals surface area contributed by atoms with Crippen molar-refractivity contribution in [1.82, 2.24) is 9.80 Å². The third-order valence-electron chi connectivity index (χ3n) is 4.77. The van der Waals surface area contributed by atoms with Crippen molar-refractivity contribution < 1.29 is 18.7 Å². The molecular formula is C21H34N2O4. The molecule has 0 unspecified atom stereocenters. The van der Waals surface area contributed by atoms with Gasteiger partial charge in [-0.1, -0.05) is 27.2 Å². The molecule has 0 aromatic carbocycles. The van der Waals surface area contributed by atoms with Crippen molar-refractivity contribution in [3.05, 3.63) is 24.2 Å². The van der Waals surface area contributed by atoms with Crippen molar-refractivity contribution in [2.24, 2.45) is 5.92 Å². The summed E-state index contributed by atoms with van der Waals surface area (Å²) in [4.78, 5) is 29.1. The van der Waals surface area contributed by atoms with E-state index in [-0.39, 0.29) is 30.4 Å². The van der Waals surface area contributed by atoms with Crippen LogP contribution in [0.3, 0.4) is 0 Å². The molecular weight excluding hydrogens is 344 g/mol. The largest absolute Gasteiger partial charge is 0.467 e. The highest BCUT2D eigenvalue weighted by molar-refractivity contribution is 5.85. The first-order chi connectivity index (χ1) is 13.0. The predicted octanol–water partition coefficient (Wildman–Crippen LogP) is 3.46. The molecule has 0 bridgehead atoms. The Morgan fingerprint density at radius 2 is 2.07 bits per heavy atom. The van der Waals surface area contributed by atoms with Crippen molar-refractivity contribution >= 4 is 11.8 Å². The number of unbranched alkanes of at least 4 members (excludes halogenated alkanes) is 1. The number of nitrogens with zero attached hydrogens (tertiary/aromatic N) is 2. The third kappa shape index (κ3) is 7.37. The van der Waals surface area contributed by atoms with Gasteiger partial charge in [0.1, 0.15) is 5.76 Å². The number of carbonyl (C=O) groups is 2. The molecule has 0 N–H and O–H groups in total. The van der Waals surface area contributed by atoms with Crippen LogP contribution in [0.4, 0.5) is 0 Å². The van der Waals surface area contributed by atoms with Crippen LogP contribution in [-0.4, -0.2) is 54.0 Å². The number of amides is 2. The molecule has 27 heavy (non-hydrogen) atoms. The van der Waals surface area contributed by atoms with Crippen LogP contribution in [0.25, 0.3) is 0 Å². The molecule has 2 amide bonds. The molecule has 6 nitrogen and oxygen atoms in total. The third-order valence-corrected chi connectivity index (χ3v) is 4.77. The van der Waals surface area contributed by atoms with Gasteiger partial charge in [0.25, 0.3) is 0 Å². The molecule has 0 spiro atoms. The molecule has 2 rings (SSSR count). The SMILES string of the molecule is CCCCN(CC(=O)N(Cc1ccco1)C[C@@H]1CCCO1)C(=O)CC(C)C. The first-order valence-corrected chi connectivity index (χ1v) is 10.2. The molecule has 0 aliphatic carbocycles.